The molecule has 0 amide bonds. The molecule has 1 aromatic heterocycles. The first-order valence-corrected chi connectivity index (χ1v) is 7.75. The quantitative estimate of drug-likeness (QED) is 0.836. The van der Waals surface area contributed by atoms with Crippen LogP contribution in [0.5, 0.6) is 10.9 Å². The fourth-order valence-corrected chi connectivity index (χ4v) is 3.03. The van der Waals surface area contributed by atoms with E-state index in [-0.39, 0.29) is 0 Å². The first kappa shape index (κ1) is 13.9. The fourth-order valence-electron chi connectivity index (χ4n) is 1.23. The third-order valence-electron chi connectivity index (χ3n) is 2.07. The molecule has 1 heterocycles. The van der Waals surface area contributed by atoms with Crippen molar-refractivity contribution < 1.29 is 4.74 Å². The number of hydrogen-bond donors (Lipinski definition) is 1. The first-order valence-electron chi connectivity index (χ1n) is 5.35. The Labute approximate surface area is 126 Å². The minimum Gasteiger partial charge on any atom is -0.429 e. The van der Waals surface area contributed by atoms with Crippen LogP contribution in [0.3, 0.4) is 0 Å². The first-order chi connectivity index (χ1) is 8.69. The summed E-state index contributed by atoms with van der Waals surface area (Å²) in [5.74, 6) is 0.726. The summed E-state index contributed by atoms with van der Waals surface area (Å²) in [4.78, 5) is 0. The van der Waals surface area contributed by atoms with Crippen molar-refractivity contribution in [2.24, 2.45) is 0 Å². The van der Waals surface area contributed by atoms with Gasteiger partial charge in [-0.2, -0.15) is 0 Å². The number of benzene rings is 1. The standard InChI is InChI=1S/C11H11Br2N3OS/c1-2-14-6-10-15-16-11(18-10)17-9-4-3-7(12)5-8(9)13/h3-5,14H,2,6H2,1H3. The summed E-state index contributed by atoms with van der Waals surface area (Å²) in [6.45, 7) is 3.68. The molecule has 2 aromatic rings. The summed E-state index contributed by atoms with van der Waals surface area (Å²) >= 11 is 8.28. The highest BCUT2D eigenvalue weighted by Crippen LogP contribution is 2.33. The van der Waals surface area contributed by atoms with E-state index in [2.05, 4.69) is 54.3 Å². The molecule has 0 fully saturated rings. The highest BCUT2D eigenvalue weighted by atomic mass is 79.9. The third-order valence-corrected chi connectivity index (χ3v) is 3.98. The lowest BCUT2D eigenvalue weighted by Crippen LogP contribution is -2.11. The summed E-state index contributed by atoms with van der Waals surface area (Å²) < 4.78 is 7.54. The molecule has 0 aliphatic rings. The molecule has 0 saturated carbocycles. The summed E-state index contributed by atoms with van der Waals surface area (Å²) in [6, 6.07) is 5.72. The van der Waals surface area contributed by atoms with Crippen LogP contribution in [0.4, 0.5) is 0 Å². The van der Waals surface area contributed by atoms with E-state index in [0.717, 1.165) is 32.8 Å². The van der Waals surface area contributed by atoms with Crippen molar-refractivity contribution in [3.8, 4) is 10.9 Å². The summed E-state index contributed by atoms with van der Waals surface area (Å²) in [5.41, 5.74) is 0. The highest BCUT2D eigenvalue weighted by Gasteiger charge is 2.08. The van der Waals surface area contributed by atoms with Gasteiger partial charge in [-0.05, 0) is 40.7 Å². The van der Waals surface area contributed by atoms with Crippen molar-refractivity contribution in [1.29, 1.82) is 0 Å². The van der Waals surface area contributed by atoms with Gasteiger partial charge in [0.2, 0.25) is 0 Å². The second kappa shape index (κ2) is 6.60. The van der Waals surface area contributed by atoms with Gasteiger partial charge < -0.3 is 10.1 Å². The Morgan fingerprint density at radius 1 is 1.33 bits per heavy atom. The Morgan fingerprint density at radius 3 is 2.89 bits per heavy atom. The van der Waals surface area contributed by atoms with Crippen LogP contribution in [0, 0.1) is 0 Å². The van der Waals surface area contributed by atoms with Crippen LogP contribution in [0.1, 0.15) is 11.9 Å². The highest BCUT2D eigenvalue weighted by molar-refractivity contribution is 9.11. The average molecular weight is 393 g/mol. The molecule has 0 bridgehead atoms. The second-order valence-corrected chi connectivity index (χ2v) is 6.21. The molecule has 7 heteroatoms. The van der Waals surface area contributed by atoms with Crippen LogP contribution >= 0.6 is 43.2 Å². The molecule has 0 aliphatic carbocycles. The van der Waals surface area contributed by atoms with Crippen molar-refractivity contribution in [3.05, 3.63) is 32.2 Å². The molecule has 1 aromatic carbocycles. The summed E-state index contributed by atoms with van der Waals surface area (Å²) in [6.07, 6.45) is 0. The molecule has 0 radical (unpaired) electrons. The number of nitrogens with zero attached hydrogens (tertiary/aromatic N) is 2. The largest absolute Gasteiger partial charge is 0.429 e. The van der Waals surface area contributed by atoms with Gasteiger partial charge in [0.15, 0.2) is 0 Å². The van der Waals surface area contributed by atoms with Crippen LogP contribution in [-0.4, -0.2) is 16.7 Å². The van der Waals surface area contributed by atoms with E-state index in [9.17, 15) is 0 Å². The normalized spacial score (nSPS) is 10.6. The van der Waals surface area contributed by atoms with Crippen molar-refractivity contribution in [2.75, 3.05) is 6.54 Å². The lowest BCUT2D eigenvalue weighted by molar-refractivity contribution is 0.470. The Bertz CT molecular complexity index is 533. The van der Waals surface area contributed by atoms with Crippen molar-refractivity contribution >= 4 is 43.2 Å². The lowest BCUT2D eigenvalue weighted by atomic mass is 10.3. The monoisotopic (exact) mass is 391 g/mol. The van der Waals surface area contributed by atoms with E-state index in [4.69, 9.17) is 4.74 Å². The Morgan fingerprint density at radius 2 is 2.17 bits per heavy atom. The minimum atomic E-state index is 0.547. The van der Waals surface area contributed by atoms with E-state index in [1.165, 1.54) is 11.3 Å². The molecular formula is C11H11Br2N3OS. The van der Waals surface area contributed by atoms with Crippen LogP contribution in [0.2, 0.25) is 0 Å². The maximum atomic E-state index is 5.67. The van der Waals surface area contributed by atoms with Gasteiger partial charge in [0.25, 0.3) is 5.19 Å². The number of ether oxygens (including phenoxy) is 1. The fraction of sp³-hybridized carbons (Fsp3) is 0.273. The van der Waals surface area contributed by atoms with Crippen LogP contribution < -0.4 is 10.1 Å². The van der Waals surface area contributed by atoms with E-state index in [1.807, 2.05) is 18.2 Å². The zero-order chi connectivity index (χ0) is 13.0. The van der Waals surface area contributed by atoms with Crippen molar-refractivity contribution in [1.82, 2.24) is 15.5 Å². The number of rotatable bonds is 5. The molecule has 0 atom stereocenters. The van der Waals surface area contributed by atoms with Crippen molar-refractivity contribution in [3.63, 3.8) is 0 Å². The Hall–Kier alpha value is -0.500. The maximum absolute atomic E-state index is 5.67. The topological polar surface area (TPSA) is 47.0 Å². The molecule has 1 N–H and O–H groups in total. The minimum absolute atomic E-state index is 0.547. The molecule has 0 unspecified atom stereocenters. The van der Waals surface area contributed by atoms with Gasteiger partial charge in [0, 0.05) is 11.0 Å². The van der Waals surface area contributed by atoms with E-state index >= 15 is 0 Å². The van der Waals surface area contributed by atoms with Gasteiger partial charge >= 0.3 is 0 Å². The molecule has 0 aliphatic heterocycles. The lowest BCUT2D eigenvalue weighted by Gasteiger charge is -2.03. The van der Waals surface area contributed by atoms with Crippen LogP contribution in [0.25, 0.3) is 0 Å². The van der Waals surface area contributed by atoms with Crippen molar-refractivity contribution in [2.45, 2.75) is 13.5 Å². The Kier molecular flexibility index (Phi) is 5.11. The average Bonchev–Trinajstić information content (AvgIpc) is 2.78. The maximum Gasteiger partial charge on any atom is 0.299 e. The van der Waals surface area contributed by atoms with E-state index < -0.39 is 0 Å². The number of hydrogen-bond acceptors (Lipinski definition) is 5. The van der Waals surface area contributed by atoms with Gasteiger partial charge in [-0.1, -0.05) is 39.3 Å². The van der Waals surface area contributed by atoms with Gasteiger partial charge in [0.1, 0.15) is 10.8 Å². The SMILES string of the molecule is CCNCc1nnc(Oc2ccc(Br)cc2Br)s1. The predicted molar refractivity (Wildman–Crippen MR) is 79.2 cm³/mol. The summed E-state index contributed by atoms with van der Waals surface area (Å²) in [7, 11) is 0. The molecule has 4 nitrogen and oxygen atoms in total. The zero-order valence-corrected chi connectivity index (χ0v) is 13.6. The molecule has 0 saturated heterocycles. The molecule has 96 valence electrons. The third kappa shape index (κ3) is 3.74. The number of nitrogens with one attached hydrogen (secondary N) is 1. The van der Waals surface area contributed by atoms with Gasteiger partial charge in [-0.25, -0.2) is 0 Å². The second-order valence-electron chi connectivity index (χ2n) is 3.42. The number of halogens is 2. The van der Waals surface area contributed by atoms with Gasteiger partial charge in [-0.15, -0.1) is 5.10 Å². The van der Waals surface area contributed by atoms with E-state index in [0.29, 0.717) is 5.19 Å². The van der Waals surface area contributed by atoms with E-state index in [1.54, 1.807) is 0 Å². The molecule has 0 spiro atoms. The number of aromatic nitrogens is 2. The van der Waals surface area contributed by atoms with Gasteiger partial charge in [-0.3, -0.25) is 0 Å². The smallest absolute Gasteiger partial charge is 0.299 e. The Balaban J connectivity index is 2.06. The summed E-state index contributed by atoms with van der Waals surface area (Å²) in [5, 5.41) is 12.7. The molecule has 18 heavy (non-hydrogen) atoms. The zero-order valence-electron chi connectivity index (χ0n) is 9.61. The molecule has 2 rings (SSSR count). The van der Waals surface area contributed by atoms with Crippen LogP contribution in [-0.2, 0) is 6.54 Å². The molecular weight excluding hydrogens is 382 g/mol. The predicted octanol–water partition coefficient (Wildman–Crippen LogP) is 3.96. The van der Waals surface area contributed by atoms with Crippen LogP contribution in [0.15, 0.2) is 27.1 Å². The van der Waals surface area contributed by atoms with Gasteiger partial charge in [0.05, 0.1) is 4.47 Å².